The fraction of sp³-hybridized carbons (Fsp3) is 0.538. The number of anilines is 1. The van der Waals surface area contributed by atoms with E-state index in [0.717, 1.165) is 12.3 Å². The van der Waals surface area contributed by atoms with Gasteiger partial charge in [0.05, 0.1) is 21.1 Å². The van der Waals surface area contributed by atoms with Crippen LogP contribution in [0.4, 0.5) is 11.4 Å². The molecular weight excluding hydrogens is 296 g/mol. The molecule has 0 bridgehead atoms. The van der Waals surface area contributed by atoms with E-state index in [1.807, 2.05) is 13.8 Å². The Hall–Kier alpha value is -1.67. The van der Waals surface area contributed by atoms with E-state index in [1.54, 1.807) is 0 Å². The Morgan fingerprint density at radius 2 is 1.90 bits per heavy atom. The minimum atomic E-state index is -3.62. The summed E-state index contributed by atoms with van der Waals surface area (Å²) in [5.74, 6) is 0. The number of nitrogens with zero attached hydrogens (tertiary/aromatic N) is 1. The standard InChI is InChI=1S/C13H20N2O5S/c1-4-13(16,5-2)9-14-11-7-6-10(15(17)18)8-12(11)21(3,19)20/h6-8,14,16H,4-5,9H2,1-3H3. The predicted molar refractivity (Wildman–Crippen MR) is 80.2 cm³/mol. The zero-order valence-electron chi connectivity index (χ0n) is 12.3. The molecule has 118 valence electrons. The van der Waals surface area contributed by atoms with Gasteiger partial charge in [0.2, 0.25) is 0 Å². The smallest absolute Gasteiger partial charge is 0.270 e. The Morgan fingerprint density at radius 3 is 2.33 bits per heavy atom. The quantitative estimate of drug-likeness (QED) is 0.588. The summed E-state index contributed by atoms with van der Waals surface area (Å²) in [5.41, 5.74) is -0.984. The summed E-state index contributed by atoms with van der Waals surface area (Å²) in [5, 5.41) is 23.8. The molecule has 0 amide bonds. The van der Waals surface area contributed by atoms with Gasteiger partial charge in [0.1, 0.15) is 0 Å². The first-order chi connectivity index (χ1) is 9.63. The minimum absolute atomic E-state index is 0.147. The molecule has 0 unspecified atom stereocenters. The molecule has 7 nitrogen and oxygen atoms in total. The van der Waals surface area contributed by atoms with Crippen LogP contribution in [0.3, 0.4) is 0 Å². The summed E-state index contributed by atoms with van der Waals surface area (Å²) in [7, 11) is -3.62. The van der Waals surface area contributed by atoms with Crippen molar-refractivity contribution in [3.63, 3.8) is 0 Å². The fourth-order valence-corrected chi connectivity index (χ4v) is 2.71. The van der Waals surface area contributed by atoms with Crippen LogP contribution >= 0.6 is 0 Å². The number of hydrogen-bond donors (Lipinski definition) is 2. The number of hydrogen-bond acceptors (Lipinski definition) is 6. The third kappa shape index (κ3) is 4.40. The number of nitro benzene ring substituents is 1. The van der Waals surface area contributed by atoms with Crippen LogP contribution in [0.25, 0.3) is 0 Å². The molecule has 0 aliphatic heterocycles. The highest BCUT2D eigenvalue weighted by Gasteiger charge is 2.24. The first-order valence-corrected chi connectivity index (χ1v) is 8.47. The van der Waals surface area contributed by atoms with Gasteiger partial charge < -0.3 is 10.4 Å². The Bertz CT molecular complexity index is 623. The highest BCUT2D eigenvalue weighted by molar-refractivity contribution is 7.90. The maximum absolute atomic E-state index is 11.8. The van der Waals surface area contributed by atoms with Gasteiger partial charge in [0.25, 0.3) is 5.69 Å². The zero-order chi connectivity index (χ0) is 16.3. The van der Waals surface area contributed by atoms with Crippen LogP contribution < -0.4 is 5.32 Å². The average molecular weight is 316 g/mol. The van der Waals surface area contributed by atoms with Crippen LogP contribution in [0.2, 0.25) is 0 Å². The Labute approximate surface area is 124 Å². The normalized spacial score (nSPS) is 12.2. The molecule has 0 atom stereocenters. The van der Waals surface area contributed by atoms with Gasteiger partial charge in [-0.15, -0.1) is 0 Å². The molecule has 0 aromatic heterocycles. The van der Waals surface area contributed by atoms with E-state index in [-0.39, 0.29) is 22.8 Å². The lowest BCUT2D eigenvalue weighted by Gasteiger charge is -2.26. The summed E-state index contributed by atoms with van der Waals surface area (Å²) >= 11 is 0. The van der Waals surface area contributed by atoms with Crippen molar-refractivity contribution in [2.24, 2.45) is 0 Å². The Morgan fingerprint density at radius 1 is 1.33 bits per heavy atom. The predicted octanol–water partition coefficient (Wildman–Crippen LogP) is 1.96. The number of benzene rings is 1. The summed E-state index contributed by atoms with van der Waals surface area (Å²) in [6.45, 7) is 3.83. The van der Waals surface area contributed by atoms with Crippen LogP contribution in [0.15, 0.2) is 23.1 Å². The van der Waals surface area contributed by atoms with Crippen LogP contribution in [0, 0.1) is 10.1 Å². The topological polar surface area (TPSA) is 110 Å². The van der Waals surface area contributed by atoms with E-state index >= 15 is 0 Å². The number of sulfone groups is 1. The lowest BCUT2D eigenvalue weighted by molar-refractivity contribution is -0.385. The van der Waals surface area contributed by atoms with E-state index in [4.69, 9.17) is 0 Å². The van der Waals surface area contributed by atoms with Crippen LogP contribution in [-0.4, -0.2) is 36.8 Å². The van der Waals surface area contributed by atoms with Crippen molar-refractivity contribution in [1.29, 1.82) is 0 Å². The molecule has 2 N–H and O–H groups in total. The van der Waals surface area contributed by atoms with E-state index in [1.165, 1.54) is 12.1 Å². The third-order valence-corrected chi connectivity index (χ3v) is 4.64. The lowest BCUT2D eigenvalue weighted by Crippen LogP contribution is -2.35. The average Bonchev–Trinajstić information content (AvgIpc) is 2.43. The number of non-ortho nitro benzene ring substituents is 1. The van der Waals surface area contributed by atoms with Crippen molar-refractivity contribution in [3.8, 4) is 0 Å². The lowest BCUT2D eigenvalue weighted by atomic mass is 9.97. The molecule has 1 rings (SSSR count). The number of rotatable bonds is 7. The van der Waals surface area contributed by atoms with E-state index in [0.29, 0.717) is 12.8 Å². The Kier molecular flexibility index (Phi) is 5.30. The van der Waals surface area contributed by atoms with Gasteiger partial charge in [-0.1, -0.05) is 13.8 Å². The van der Waals surface area contributed by atoms with E-state index in [2.05, 4.69) is 5.32 Å². The molecule has 0 fully saturated rings. The number of nitro groups is 1. The molecule has 0 saturated heterocycles. The van der Waals surface area contributed by atoms with Crippen LogP contribution in [0.5, 0.6) is 0 Å². The summed E-state index contributed by atoms with van der Waals surface area (Å²) in [4.78, 5) is 9.96. The van der Waals surface area contributed by atoms with Crippen molar-refractivity contribution >= 4 is 21.2 Å². The molecule has 1 aromatic rings. The Balaban J connectivity index is 3.16. The molecular formula is C13H20N2O5S. The fourth-order valence-electron chi connectivity index (χ4n) is 1.84. The SMILES string of the molecule is CCC(O)(CC)CNc1ccc([N+](=O)[O-])cc1S(C)(=O)=O. The largest absolute Gasteiger partial charge is 0.388 e. The molecule has 1 aromatic carbocycles. The molecule has 0 aliphatic rings. The number of aliphatic hydroxyl groups is 1. The van der Waals surface area contributed by atoms with Crippen molar-refractivity contribution in [2.75, 3.05) is 18.1 Å². The van der Waals surface area contributed by atoms with Gasteiger partial charge in [-0.25, -0.2) is 8.42 Å². The first kappa shape index (κ1) is 17.4. The highest BCUT2D eigenvalue weighted by atomic mass is 32.2. The van der Waals surface area contributed by atoms with Gasteiger partial charge in [0, 0.05) is 24.9 Å². The van der Waals surface area contributed by atoms with E-state index < -0.39 is 20.4 Å². The van der Waals surface area contributed by atoms with Gasteiger partial charge in [-0.3, -0.25) is 10.1 Å². The monoisotopic (exact) mass is 316 g/mol. The number of nitrogens with one attached hydrogen (secondary N) is 1. The van der Waals surface area contributed by atoms with E-state index in [9.17, 15) is 23.6 Å². The van der Waals surface area contributed by atoms with Gasteiger partial charge >= 0.3 is 0 Å². The van der Waals surface area contributed by atoms with Crippen molar-refractivity contribution in [1.82, 2.24) is 0 Å². The zero-order valence-corrected chi connectivity index (χ0v) is 13.1. The second kappa shape index (κ2) is 6.40. The molecule has 0 spiro atoms. The van der Waals surface area contributed by atoms with Crippen molar-refractivity contribution in [3.05, 3.63) is 28.3 Å². The maximum atomic E-state index is 11.8. The summed E-state index contributed by atoms with van der Waals surface area (Å²) in [6.07, 6.45) is 2.01. The van der Waals surface area contributed by atoms with Gasteiger partial charge in [-0.05, 0) is 18.9 Å². The maximum Gasteiger partial charge on any atom is 0.270 e. The second-order valence-electron chi connectivity index (χ2n) is 4.99. The molecule has 21 heavy (non-hydrogen) atoms. The first-order valence-electron chi connectivity index (χ1n) is 6.57. The third-order valence-electron chi connectivity index (χ3n) is 3.50. The van der Waals surface area contributed by atoms with Crippen LogP contribution in [0.1, 0.15) is 26.7 Å². The van der Waals surface area contributed by atoms with Crippen LogP contribution in [-0.2, 0) is 9.84 Å². The van der Waals surface area contributed by atoms with Gasteiger partial charge in [-0.2, -0.15) is 0 Å². The summed E-state index contributed by atoms with van der Waals surface area (Å²) < 4.78 is 23.5. The van der Waals surface area contributed by atoms with Gasteiger partial charge in [0.15, 0.2) is 9.84 Å². The minimum Gasteiger partial charge on any atom is -0.388 e. The molecule has 0 heterocycles. The summed E-state index contributed by atoms with van der Waals surface area (Å²) in [6, 6.07) is 3.60. The highest BCUT2D eigenvalue weighted by Crippen LogP contribution is 2.27. The molecule has 8 heteroatoms. The molecule has 0 radical (unpaired) electrons. The molecule has 0 saturated carbocycles. The van der Waals surface area contributed by atoms with Crippen molar-refractivity contribution in [2.45, 2.75) is 37.2 Å². The molecule has 0 aliphatic carbocycles. The van der Waals surface area contributed by atoms with Crippen molar-refractivity contribution < 1.29 is 18.4 Å². The second-order valence-corrected chi connectivity index (χ2v) is 6.98.